The van der Waals surface area contributed by atoms with E-state index in [1.165, 1.54) is 12.3 Å². The maximum Gasteiger partial charge on any atom is 0.341 e. The van der Waals surface area contributed by atoms with Crippen LogP contribution in [0.25, 0.3) is 17.0 Å². The Kier molecular flexibility index (Phi) is 4.26. The summed E-state index contributed by atoms with van der Waals surface area (Å²) in [5.41, 5.74) is 0.580. The number of hydrogen-bond acceptors (Lipinski definition) is 4. The number of aromatic carboxylic acids is 1. The van der Waals surface area contributed by atoms with Crippen molar-refractivity contribution in [1.82, 2.24) is 9.88 Å². The van der Waals surface area contributed by atoms with E-state index in [0.717, 1.165) is 19.4 Å². The van der Waals surface area contributed by atoms with E-state index in [4.69, 9.17) is 0 Å². The molecule has 2 N–H and O–H groups in total. The van der Waals surface area contributed by atoms with Gasteiger partial charge < -0.3 is 19.9 Å². The smallest absolute Gasteiger partial charge is 0.341 e. The molecule has 0 amide bonds. The van der Waals surface area contributed by atoms with E-state index in [9.17, 15) is 14.7 Å². The Labute approximate surface area is 155 Å². The summed E-state index contributed by atoms with van der Waals surface area (Å²) < 4.78 is 17.0. The number of pyridine rings is 1. The number of halogens is 1. The minimum atomic E-state index is -1.29. The molecule has 1 saturated heterocycles. The molecule has 1 aliphatic heterocycles. The topological polar surface area (TPSA) is 74.6 Å². The third-order valence-electron chi connectivity index (χ3n) is 5.34. The van der Waals surface area contributed by atoms with E-state index < -0.39 is 17.2 Å². The molecule has 0 bridgehead atoms. The zero-order valence-corrected chi connectivity index (χ0v) is 15.2. The molecule has 2 aromatic rings. The summed E-state index contributed by atoms with van der Waals surface area (Å²) >= 11 is 0. The Bertz CT molecular complexity index is 1010. The number of piperazine rings is 1. The Balaban J connectivity index is 2.05. The quantitative estimate of drug-likeness (QED) is 0.864. The summed E-state index contributed by atoms with van der Waals surface area (Å²) in [4.78, 5) is 26.2. The van der Waals surface area contributed by atoms with Gasteiger partial charge in [-0.25, -0.2) is 9.18 Å². The number of aromatic nitrogens is 1. The Morgan fingerprint density at radius 3 is 2.78 bits per heavy atom. The van der Waals surface area contributed by atoms with Crippen molar-refractivity contribution in [3.05, 3.63) is 46.0 Å². The van der Waals surface area contributed by atoms with Gasteiger partial charge in [-0.2, -0.15) is 0 Å². The fourth-order valence-electron chi connectivity index (χ4n) is 3.95. The van der Waals surface area contributed by atoms with Crippen LogP contribution >= 0.6 is 0 Å². The molecule has 27 heavy (non-hydrogen) atoms. The van der Waals surface area contributed by atoms with Crippen molar-refractivity contribution in [2.75, 3.05) is 24.5 Å². The van der Waals surface area contributed by atoms with Crippen molar-refractivity contribution in [3.63, 3.8) is 0 Å². The van der Waals surface area contributed by atoms with Crippen molar-refractivity contribution < 1.29 is 14.3 Å². The summed E-state index contributed by atoms with van der Waals surface area (Å²) in [5.74, 6) is -1.81. The molecule has 7 heteroatoms. The van der Waals surface area contributed by atoms with Gasteiger partial charge in [0.05, 0.1) is 16.6 Å². The molecule has 2 heterocycles. The van der Waals surface area contributed by atoms with Gasteiger partial charge in [-0.05, 0) is 25.8 Å². The van der Waals surface area contributed by atoms with Crippen molar-refractivity contribution in [2.45, 2.75) is 31.8 Å². The van der Waals surface area contributed by atoms with E-state index in [1.807, 2.05) is 16.4 Å². The zero-order chi connectivity index (χ0) is 19.3. The Morgan fingerprint density at radius 2 is 2.19 bits per heavy atom. The third kappa shape index (κ3) is 2.92. The highest BCUT2D eigenvalue weighted by atomic mass is 19.1. The summed E-state index contributed by atoms with van der Waals surface area (Å²) in [6, 6.07) is 1.54. The first-order chi connectivity index (χ1) is 12.9. The molecular weight excluding hydrogens is 349 g/mol. The maximum absolute atomic E-state index is 15.1. The van der Waals surface area contributed by atoms with Gasteiger partial charge in [0.15, 0.2) is 0 Å². The van der Waals surface area contributed by atoms with Crippen LogP contribution in [-0.2, 0) is 0 Å². The van der Waals surface area contributed by atoms with Gasteiger partial charge in [0.1, 0.15) is 11.4 Å². The van der Waals surface area contributed by atoms with Crippen LogP contribution in [0.2, 0.25) is 0 Å². The Hall–Kier alpha value is -2.67. The van der Waals surface area contributed by atoms with Crippen LogP contribution in [0.5, 0.6) is 0 Å². The predicted molar refractivity (Wildman–Crippen MR) is 103 cm³/mol. The normalized spacial score (nSPS) is 20.1. The van der Waals surface area contributed by atoms with Crippen LogP contribution in [0, 0.1) is 5.82 Å². The van der Waals surface area contributed by atoms with Gasteiger partial charge >= 0.3 is 5.97 Å². The van der Waals surface area contributed by atoms with Gasteiger partial charge in [0.25, 0.3) is 0 Å². The molecule has 1 aromatic heterocycles. The predicted octanol–water partition coefficient (Wildman–Crippen LogP) is 2.61. The highest BCUT2D eigenvalue weighted by Crippen LogP contribution is 2.40. The monoisotopic (exact) mass is 371 g/mol. The molecule has 6 nitrogen and oxygen atoms in total. The second-order valence-electron chi connectivity index (χ2n) is 7.34. The molecule has 1 aliphatic carbocycles. The lowest BCUT2D eigenvalue weighted by Gasteiger charge is -2.35. The molecule has 142 valence electrons. The van der Waals surface area contributed by atoms with E-state index in [-0.39, 0.29) is 23.0 Å². The minimum absolute atomic E-state index is 0.0983. The molecule has 2 fully saturated rings. The first-order valence-corrected chi connectivity index (χ1v) is 9.17. The molecule has 0 spiro atoms. The van der Waals surface area contributed by atoms with Gasteiger partial charge in [-0.3, -0.25) is 4.79 Å². The lowest BCUT2D eigenvalue weighted by Crippen LogP contribution is -2.49. The van der Waals surface area contributed by atoms with Gasteiger partial charge in [-0.1, -0.05) is 12.7 Å². The summed E-state index contributed by atoms with van der Waals surface area (Å²) in [5, 5.41) is 12.8. The number of carboxylic acid groups (broad SMARTS) is 1. The van der Waals surface area contributed by atoms with Crippen molar-refractivity contribution in [1.29, 1.82) is 0 Å². The Morgan fingerprint density at radius 1 is 1.44 bits per heavy atom. The molecular formula is C20H22FN3O3. The minimum Gasteiger partial charge on any atom is -0.477 e. The second-order valence-corrected chi connectivity index (χ2v) is 7.34. The summed E-state index contributed by atoms with van der Waals surface area (Å²) in [7, 11) is 0. The highest BCUT2D eigenvalue weighted by molar-refractivity contribution is 5.98. The number of hydrogen-bond donors (Lipinski definition) is 2. The fraction of sp³-hybridized carbons (Fsp3) is 0.400. The lowest BCUT2D eigenvalue weighted by atomic mass is 10.0. The lowest BCUT2D eigenvalue weighted by molar-refractivity contribution is 0.0695. The number of carbonyl (C=O) groups is 1. The molecule has 1 aromatic carbocycles. The zero-order valence-electron chi connectivity index (χ0n) is 15.2. The average molecular weight is 371 g/mol. The highest BCUT2D eigenvalue weighted by Gasteiger charge is 2.30. The SMILES string of the molecule is C=Cc1c(N2CCNC(C)C2)c(F)cc2c(=O)c(C(=O)O)cn(C3CC3)c12. The second kappa shape index (κ2) is 6.49. The standard InChI is InChI=1S/C20H22FN3O3/c1-3-13-17-14(8-16(21)18(13)23-7-6-22-11(2)9-23)19(25)15(20(26)27)10-24(17)12-4-5-12/h3,8,10-12,22H,1,4-7,9H2,2H3,(H,26,27). The van der Waals surface area contributed by atoms with Gasteiger partial charge in [0, 0.05) is 43.5 Å². The number of rotatable bonds is 4. The van der Waals surface area contributed by atoms with Crippen molar-refractivity contribution in [2.24, 2.45) is 0 Å². The molecule has 2 aliphatic rings. The first kappa shape index (κ1) is 17.7. The van der Waals surface area contributed by atoms with Gasteiger partial charge in [0.2, 0.25) is 5.43 Å². The number of anilines is 1. The molecule has 4 rings (SSSR count). The molecule has 0 radical (unpaired) electrons. The largest absolute Gasteiger partial charge is 0.477 e. The van der Waals surface area contributed by atoms with E-state index in [0.29, 0.717) is 29.9 Å². The van der Waals surface area contributed by atoms with Crippen LogP contribution < -0.4 is 15.6 Å². The van der Waals surface area contributed by atoms with E-state index >= 15 is 4.39 Å². The van der Waals surface area contributed by atoms with Crippen molar-refractivity contribution in [3.8, 4) is 0 Å². The average Bonchev–Trinajstić information content (AvgIpc) is 3.46. The van der Waals surface area contributed by atoms with E-state index in [2.05, 4.69) is 11.9 Å². The van der Waals surface area contributed by atoms with Gasteiger partial charge in [-0.15, -0.1) is 0 Å². The van der Waals surface area contributed by atoms with Crippen LogP contribution in [-0.4, -0.2) is 41.3 Å². The number of carboxylic acids is 1. The third-order valence-corrected chi connectivity index (χ3v) is 5.34. The van der Waals surface area contributed by atoms with Crippen LogP contribution in [0.4, 0.5) is 10.1 Å². The number of nitrogens with zero attached hydrogens (tertiary/aromatic N) is 2. The van der Waals surface area contributed by atoms with Crippen LogP contribution in [0.15, 0.2) is 23.6 Å². The summed E-state index contributed by atoms with van der Waals surface area (Å²) in [6.45, 7) is 7.93. The summed E-state index contributed by atoms with van der Waals surface area (Å²) in [6.07, 6.45) is 4.79. The fourth-order valence-corrected chi connectivity index (χ4v) is 3.95. The van der Waals surface area contributed by atoms with Crippen molar-refractivity contribution >= 4 is 28.6 Å². The van der Waals surface area contributed by atoms with Crippen LogP contribution in [0.3, 0.4) is 0 Å². The number of fused-ring (bicyclic) bond motifs is 1. The molecule has 1 unspecified atom stereocenters. The molecule has 1 atom stereocenters. The molecule has 1 saturated carbocycles. The number of benzene rings is 1. The van der Waals surface area contributed by atoms with Crippen LogP contribution in [0.1, 0.15) is 41.7 Å². The van der Waals surface area contributed by atoms with E-state index in [1.54, 1.807) is 6.08 Å². The maximum atomic E-state index is 15.1. The first-order valence-electron chi connectivity index (χ1n) is 9.17. The number of nitrogens with one attached hydrogen (secondary N) is 1.